The van der Waals surface area contributed by atoms with Crippen LogP contribution in [0.1, 0.15) is 44.9 Å². The van der Waals surface area contributed by atoms with E-state index in [4.69, 9.17) is 5.73 Å². The summed E-state index contributed by atoms with van der Waals surface area (Å²) < 4.78 is 0. The number of rotatable bonds is 5. The number of para-hydroxylation sites is 1. The topological polar surface area (TPSA) is 87.5 Å². The second kappa shape index (κ2) is 9.26. The monoisotopic (exact) mass is 398 g/mol. The number of benzene rings is 1. The Kier molecular flexibility index (Phi) is 6.50. The van der Waals surface area contributed by atoms with E-state index in [0.717, 1.165) is 44.5 Å². The van der Waals surface area contributed by atoms with Crippen molar-refractivity contribution in [3.63, 3.8) is 0 Å². The molecule has 6 heteroatoms. The van der Waals surface area contributed by atoms with Crippen molar-refractivity contribution < 1.29 is 9.59 Å². The molecule has 2 amide bonds. The molecule has 1 aliphatic heterocycles. The Labute approximate surface area is 173 Å². The quantitative estimate of drug-likeness (QED) is 0.711. The second-order valence-electron chi connectivity index (χ2n) is 9.17. The summed E-state index contributed by atoms with van der Waals surface area (Å²) in [5.41, 5.74) is 7.19. The number of hydrogen-bond donors (Lipinski definition) is 3. The van der Waals surface area contributed by atoms with E-state index in [2.05, 4.69) is 15.5 Å². The van der Waals surface area contributed by atoms with Crippen LogP contribution in [-0.4, -0.2) is 48.4 Å². The molecule has 0 aromatic heterocycles. The SMILES string of the molecule is NC1C2CCCC1CC(C(=O)NC1CCN(CC(=O)Nc3ccccc3)CC1)C2. The lowest BCUT2D eigenvalue weighted by Gasteiger charge is -2.44. The molecule has 3 aliphatic rings. The molecule has 1 aromatic carbocycles. The number of nitrogens with one attached hydrogen (secondary N) is 2. The molecule has 2 aliphatic carbocycles. The number of hydrogen-bond acceptors (Lipinski definition) is 4. The molecule has 2 saturated carbocycles. The van der Waals surface area contributed by atoms with Gasteiger partial charge < -0.3 is 16.4 Å². The maximum absolute atomic E-state index is 12.8. The van der Waals surface area contributed by atoms with Crippen molar-refractivity contribution in [2.45, 2.75) is 57.0 Å². The molecule has 1 saturated heterocycles. The number of nitrogens with zero attached hydrogens (tertiary/aromatic N) is 1. The summed E-state index contributed by atoms with van der Waals surface area (Å²) in [5, 5.41) is 6.24. The van der Waals surface area contributed by atoms with Gasteiger partial charge in [-0.1, -0.05) is 24.6 Å². The Morgan fingerprint density at radius 3 is 2.31 bits per heavy atom. The zero-order valence-electron chi connectivity index (χ0n) is 17.2. The first-order valence-corrected chi connectivity index (χ1v) is 11.2. The Morgan fingerprint density at radius 2 is 1.66 bits per heavy atom. The van der Waals surface area contributed by atoms with Crippen molar-refractivity contribution >= 4 is 17.5 Å². The summed E-state index contributed by atoms with van der Waals surface area (Å²) in [5.74, 6) is 1.45. The van der Waals surface area contributed by atoms with Crippen LogP contribution in [0.25, 0.3) is 0 Å². The average molecular weight is 399 g/mol. The summed E-state index contributed by atoms with van der Waals surface area (Å²) >= 11 is 0. The van der Waals surface area contributed by atoms with E-state index in [1.165, 1.54) is 19.3 Å². The number of amides is 2. The van der Waals surface area contributed by atoms with Crippen molar-refractivity contribution in [3.05, 3.63) is 30.3 Å². The van der Waals surface area contributed by atoms with Crippen LogP contribution in [-0.2, 0) is 9.59 Å². The molecule has 2 unspecified atom stereocenters. The molecule has 0 spiro atoms. The fourth-order valence-electron chi connectivity index (χ4n) is 5.48. The molecule has 158 valence electrons. The van der Waals surface area contributed by atoms with E-state index in [1.807, 2.05) is 30.3 Å². The van der Waals surface area contributed by atoms with E-state index in [-0.39, 0.29) is 23.8 Å². The van der Waals surface area contributed by atoms with Gasteiger partial charge in [0.1, 0.15) is 0 Å². The third-order valence-corrected chi connectivity index (χ3v) is 7.14. The maximum atomic E-state index is 12.8. The standard InChI is InChI=1S/C23H34N4O2/c24-22-16-5-4-6-17(22)14-18(13-16)23(29)26-20-9-11-27(12-10-20)15-21(28)25-19-7-2-1-3-8-19/h1-3,7-8,16-18,20,22H,4-6,9-15,24H2,(H,25,28)(H,26,29). The van der Waals surface area contributed by atoms with Crippen LogP contribution in [0.4, 0.5) is 5.69 Å². The lowest BCUT2D eigenvalue weighted by atomic mass is 9.65. The highest BCUT2D eigenvalue weighted by molar-refractivity contribution is 5.92. The van der Waals surface area contributed by atoms with Gasteiger partial charge in [0.05, 0.1) is 6.54 Å². The van der Waals surface area contributed by atoms with Crippen LogP contribution >= 0.6 is 0 Å². The van der Waals surface area contributed by atoms with Crippen molar-refractivity contribution in [2.24, 2.45) is 23.5 Å². The van der Waals surface area contributed by atoms with Gasteiger partial charge in [0.15, 0.2) is 0 Å². The molecule has 29 heavy (non-hydrogen) atoms. The number of likely N-dealkylation sites (tertiary alicyclic amines) is 1. The highest BCUT2D eigenvalue weighted by Gasteiger charge is 2.40. The van der Waals surface area contributed by atoms with Gasteiger partial charge in [0.2, 0.25) is 11.8 Å². The summed E-state index contributed by atoms with van der Waals surface area (Å²) in [7, 11) is 0. The Balaban J connectivity index is 1.19. The summed E-state index contributed by atoms with van der Waals surface area (Å²) in [6.45, 7) is 2.08. The molecular formula is C23H34N4O2. The highest BCUT2D eigenvalue weighted by atomic mass is 16.2. The van der Waals surface area contributed by atoms with Gasteiger partial charge in [-0.25, -0.2) is 0 Å². The van der Waals surface area contributed by atoms with Gasteiger partial charge in [0.25, 0.3) is 0 Å². The van der Waals surface area contributed by atoms with Crippen molar-refractivity contribution in [2.75, 3.05) is 25.0 Å². The number of nitrogens with two attached hydrogens (primary N) is 1. The minimum atomic E-state index is 0.0174. The maximum Gasteiger partial charge on any atom is 0.238 e. The summed E-state index contributed by atoms with van der Waals surface area (Å²) in [6, 6.07) is 10.1. The average Bonchev–Trinajstić information content (AvgIpc) is 2.70. The van der Waals surface area contributed by atoms with E-state index < -0.39 is 0 Å². The second-order valence-corrected chi connectivity index (χ2v) is 9.17. The predicted molar refractivity (Wildman–Crippen MR) is 114 cm³/mol. The number of carbonyl (C=O) groups is 2. The van der Waals surface area contributed by atoms with Crippen LogP contribution in [0.2, 0.25) is 0 Å². The smallest absolute Gasteiger partial charge is 0.238 e. The van der Waals surface area contributed by atoms with Gasteiger partial charge in [0, 0.05) is 36.8 Å². The molecule has 0 radical (unpaired) electrons. The predicted octanol–water partition coefficient (Wildman–Crippen LogP) is 2.36. The molecule has 2 bridgehead atoms. The van der Waals surface area contributed by atoms with Gasteiger partial charge >= 0.3 is 0 Å². The number of carbonyl (C=O) groups excluding carboxylic acids is 2. The first kappa shape index (κ1) is 20.4. The van der Waals surface area contributed by atoms with Gasteiger partial charge in [-0.3, -0.25) is 14.5 Å². The third-order valence-electron chi connectivity index (χ3n) is 7.14. The van der Waals surface area contributed by atoms with Gasteiger partial charge in [-0.2, -0.15) is 0 Å². The molecule has 2 atom stereocenters. The molecule has 1 heterocycles. The molecule has 4 N–H and O–H groups in total. The minimum absolute atomic E-state index is 0.0174. The Hall–Kier alpha value is -1.92. The normalized spacial score (nSPS) is 30.5. The fraction of sp³-hybridized carbons (Fsp3) is 0.652. The van der Waals surface area contributed by atoms with E-state index >= 15 is 0 Å². The molecular weight excluding hydrogens is 364 g/mol. The highest BCUT2D eigenvalue weighted by Crippen LogP contribution is 2.42. The molecule has 4 rings (SSSR count). The van der Waals surface area contributed by atoms with Gasteiger partial charge in [-0.05, 0) is 62.5 Å². The van der Waals surface area contributed by atoms with E-state index in [1.54, 1.807) is 0 Å². The lowest BCUT2D eigenvalue weighted by molar-refractivity contribution is -0.129. The van der Waals surface area contributed by atoms with Crippen LogP contribution < -0.4 is 16.4 Å². The van der Waals surface area contributed by atoms with Crippen LogP contribution in [0.15, 0.2) is 30.3 Å². The van der Waals surface area contributed by atoms with Crippen LogP contribution in [0.3, 0.4) is 0 Å². The zero-order chi connectivity index (χ0) is 20.2. The Bertz CT molecular complexity index is 688. The third kappa shape index (κ3) is 5.17. The van der Waals surface area contributed by atoms with Crippen molar-refractivity contribution in [1.82, 2.24) is 10.2 Å². The van der Waals surface area contributed by atoms with Gasteiger partial charge in [-0.15, -0.1) is 0 Å². The van der Waals surface area contributed by atoms with Crippen molar-refractivity contribution in [1.29, 1.82) is 0 Å². The summed E-state index contributed by atoms with van der Waals surface area (Å²) in [4.78, 5) is 27.2. The van der Waals surface area contributed by atoms with E-state index in [9.17, 15) is 9.59 Å². The molecule has 1 aromatic rings. The largest absolute Gasteiger partial charge is 0.353 e. The number of piperidine rings is 1. The minimum Gasteiger partial charge on any atom is -0.353 e. The van der Waals surface area contributed by atoms with Crippen molar-refractivity contribution in [3.8, 4) is 0 Å². The first-order valence-electron chi connectivity index (χ1n) is 11.2. The molecule has 3 fully saturated rings. The van der Waals surface area contributed by atoms with E-state index in [0.29, 0.717) is 24.4 Å². The molecule has 6 nitrogen and oxygen atoms in total. The zero-order valence-corrected chi connectivity index (χ0v) is 17.2. The first-order chi connectivity index (χ1) is 14.1. The summed E-state index contributed by atoms with van der Waals surface area (Å²) in [6.07, 6.45) is 7.38. The van der Waals surface area contributed by atoms with Crippen LogP contribution in [0, 0.1) is 17.8 Å². The Morgan fingerprint density at radius 1 is 1.00 bits per heavy atom. The lowest BCUT2D eigenvalue weighted by Crippen LogP contribution is -2.52. The van der Waals surface area contributed by atoms with Crippen LogP contribution in [0.5, 0.6) is 0 Å². The fourth-order valence-corrected chi connectivity index (χ4v) is 5.48. The number of anilines is 1. The number of fused-ring (bicyclic) bond motifs is 2.